The van der Waals surface area contributed by atoms with E-state index >= 15 is 0 Å². The lowest BCUT2D eigenvalue weighted by Crippen LogP contribution is -2.14. The molecule has 0 aliphatic rings. The molecule has 0 saturated carbocycles. The second-order valence-electron chi connectivity index (χ2n) is 4.03. The van der Waals surface area contributed by atoms with Crippen molar-refractivity contribution in [3.05, 3.63) is 62.3 Å². The van der Waals surface area contributed by atoms with Crippen LogP contribution in [0.2, 0.25) is 0 Å². The molecule has 0 bridgehead atoms. The molecule has 0 saturated heterocycles. The molecule has 0 heterocycles. The highest BCUT2D eigenvalue weighted by Gasteiger charge is 2.17. The Hall–Kier alpha value is -0.910. The van der Waals surface area contributed by atoms with Gasteiger partial charge in [0.05, 0.1) is 13.2 Å². The Morgan fingerprint density at radius 2 is 1.84 bits per heavy atom. The normalized spacial score (nSPS) is 12.3. The summed E-state index contributed by atoms with van der Waals surface area (Å²) in [7, 11) is 1.50. The molecule has 100 valence electrons. The van der Waals surface area contributed by atoms with Gasteiger partial charge in [-0.05, 0) is 29.8 Å². The fraction of sp³-hybridized carbons (Fsp3) is 0.143. The van der Waals surface area contributed by atoms with Crippen LogP contribution in [0.5, 0.6) is 5.75 Å². The minimum atomic E-state index is -0.544. The third-order valence-electron chi connectivity index (χ3n) is 2.84. The van der Waals surface area contributed by atoms with Gasteiger partial charge in [0.15, 0.2) is 0 Å². The van der Waals surface area contributed by atoms with Gasteiger partial charge in [-0.15, -0.1) is 0 Å². The van der Waals surface area contributed by atoms with E-state index in [0.717, 1.165) is 14.5 Å². The molecule has 2 N–H and O–H groups in total. The van der Waals surface area contributed by atoms with E-state index < -0.39 is 6.04 Å². The summed E-state index contributed by atoms with van der Waals surface area (Å²) < 4.78 is 20.7. The Labute approximate surface area is 128 Å². The van der Waals surface area contributed by atoms with Gasteiger partial charge in [-0.2, -0.15) is 0 Å². The van der Waals surface area contributed by atoms with Crippen LogP contribution in [0.1, 0.15) is 17.2 Å². The Kier molecular flexibility index (Phi) is 4.60. The van der Waals surface area contributed by atoms with Crippen molar-refractivity contribution in [1.82, 2.24) is 0 Å². The lowest BCUT2D eigenvalue weighted by molar-refractivity contribution is 0.410. The fourth-order valence-corrected chi connectivity index (χ4v) is 2.68. The van der Waals surface area contributed by atoms with E-state index in [1.165, 1.54) is 13.2 Å². The quantitative estimate of drug-likeness (QED) is 0.845. The molecule has 0 aromatic heterocycles. The molecule has 0 amide bonds. The van der Waals surface area contributed by atoms with Crippen molar-refractivity contribution in [2.24, 2.45) is 5.73 Å². The van der Waals surface area contributed by atoms with Crippen molar-refractivity contribution in [3.63, 3.8) is 0 Å². The summed E-state index contributed by atoms with van der Waals surface area (Å²) in [4.78, 5) is 0. The van der Waals surface area contributed by atoms with Gasteiger partial charge in [-0.1, -0.05) is 37.9 Å². The average Bonchev–Trinajstić information content (AvgIpc) is 2.40. The monoisotopic (exact) mass is 387 g/mol. The SMILES string of the molecule is COc1ccc(C(N)c2cc(Br)ccc2Br)c(F)c1. The minimum absolute atomic E-state index is 0.376. The number of nitrogens with two attached hydrogens (primary N) is 1. The number of halogens is 3. The number of rotatable bonds is 3. The Morgan fingerprint density at radius 3 is 2.47 bits per heavy atom. The Balaban J connectivity index is 2.43. The summed E-state index contributed by atoms with van der Waals surface area (Å²) in [5.74, 6) is 0.0977. The molecule has 2 rings (SSSR count). The highest BCUT2D eigenvalue weighted by Crippen LogP contribution is 2.31. The van der Waals surface area contributed by atoms with Gasteiger partial charge in [0.2, 0.25) is 0 Å². The third-order valence-corrected chi connectivity index (χ3v) is 4.05. The predicted octanol–water partition coefficient (Wildman–Crippen LogP) is 4.41. The van der Waals surface area contributed by atoms with E-state index in [0.29, 0.717) is 11.3 Å². The van der Waals surface area contributed by atoms with E-state index in [1.54, 1.807) is 12.1 Å². The molecule has 0 spiro atoms. The minimum Gasteiger partial charge on any atom is -0.497 e. The van der Waals surface area contributed by atoms with Crippen molar-refractivity contribution in [3.8, 4) is 5.75 Å². The number of hydrogen-bond donors (Lipinski definition) is 1. The summed E-state index contributed by atoms with van der Waals surface area (Å²) in [6.07, 6.45) is 0. The average molecular weight is 389 g/mol. The lowest BCUT2D eigenvalue weighted by Gasteiger charge is -2.16. The number of hydrogen-bond acceptors (Lipinski definition) is 2. The second kappa shape index (κ2) is 6.03. The summed E-state index contributed by atoms with van der Waals surface area (Å²) in [5.41, 5.74) is 7.39. The van der Waals surface area contributed by atoms with Crippen LogP contribution in [0.25, 0.3) is 0 Å². The van der Waals surface area contributed by atoms with E-state index in [2.05, 4.69) is 31.9 Å². The molecule has 2 aromatic carbocycles. The molecule has 1 atom stereocenters. The molecule has 0 radical (unpaired) electrons. The third kappa shape index (κ3) is 3.16. The van der Waals surface area contributed by atoms with Crippen LogP contribution in [0, 0.1) is 5.82 Å². The van der Waals surface area contributed by atoms with Crippen LogP contribution in [0.3, 0.4) is 0 Å². The van der Waals surface area contributed by atoms with Crippen LogP contribution >= 0.6 is 31.9 Å². The van der Waals surface area contributed by atoms with E-state index in [-0.39, 0.29) is 5.82 Å². The zero-order chi connectivity index (χ0) is 14.0. The smallest absolute Gasteiger partial charge is 0.132 e. The summed E-state index contributed by atoms with van der Waals surface area (Å²) >= 11 is 6.82. The summed E-state index contributed by atoms with van der Waals surface area (Å²) in [6.45, 7) is 0. The number of ether oxygens (including phenoxy) is 1. The van der Waals surface area contributed by atoms with Gasteiger partial charge >= 0.3 is 0 Å². The first-order chi connectivity index (χ1) is 9.02. The lowest BCUT2D eigenvalue weighted by atomic mass is 9.99. The summed E-state index contributed by atoms with van der Waals surface area (Å²) in [5, 5.41) is 0. The molecule has 1 unspecified atom stereocenters. The van der Waals surface area contributed by atoms with Gasteiger partial charge in [-0.3, -0.25) is 0 Å². The van der Waals surface area contributed by atoms with Gasteiger partial charge < -0.3 is 10.5 Å². The van der Waals surface area contributed by atoms with E-state index in [9.17, 15) is 4.39 Å². The second-order valence-corrected chi connectivity index (χ2v) is 5.80. The molecule has 19 heavy (non-hydrogen) atoms. The van der Waals surface area contributed by atoms with Crippen molar-refractivity contribution < 1.29 is 9.13 Å². The maximum atomic E-state index is 14.0. The number of benzene rings is 2. The van der Waals surface area contributed by atoms with Crippen LogP contribution in [-0.2, 0) is 0 Å². The van der Waals surface area contributed by atoms with E-state index in [1.807, 2.05) is 18.2 Å². The fourth-order valence-electron chi connectivity index (χ4n) is 1.81. The zero-order valence-electron chi connectivity index (χ0n) is 10.2. The molecule has 2 aromatic rings. The largest absolute Gasteiger partial charge is 0.497 e. The van der Waals surface area contributed by atoms with Crippen LogP contribution in [0.15, 0.2) is 45.3 Å². The molecular formula is C14H12Br2FNO. The highest BCUT2D eigenvalue weighted by molar-refractivity contribution is 9.11. The van der Waals surface area contributed by atoms with Gasteiger partial charge in [0.25, 0.3) is 0 Å². The maximum Gasteiger partial charge on any atom is 0.132 e. The Morgan fingerprint density at radius 1 is 1.11 bits per heavy atom. The first kappa shape index (κ1) is 14.5. The van der Waals surface area contributed by atoms with Crippen LogP contribution < -0.4 is 10.5 Å². The standard InChI is InChI=1S/C14H12Br2FNO/c1-19-9-3-4-10(13(17)7-9)14(18)11-6-8(15)2-5-12(11)16/h2-7,14H,18H2,1H3. The van der Waals surface area contributed by atoms with Gasteiger partial charge in [0.1, 0.15) is 11.6 Å². The van der Waals surface area contributed by atoms with Crippen molar-refractivity contribution in [2.45, 2.75) is 6.04 Å². The molecular weight excluding hydrogens is 377 g/mol. The van der Waals surface area contributed by atoms with Crippen molar-refractivity contribution in [2.75, 3.05) is 7.11 Å². The molecule has 2 nitrogen and oxygen atoms in total. The van der Waals surface area contributed by atoms with Crippen molar-refractivity contribution >= 4 is 31.9 Å². The molecule has 0 aliphatic heterocycles. The first-order valence-electron chi connectivity index (χ1n) is 5.57. The predicted molar refractivity (Wildman–Crippen MR) is 80.8 cm³/mol. The zero-order valence-corrected chi connectivity index (χ0v) is 13.3. The van der Waals surface area contributed by atoms with Gasteiger partial charge in [0, 0.05) is 20.6 Å². The summed E-state index contributed by atoms with van der Waals surface area (Å²) in [6, 6.07) is 9.78. The Bertz CT molecular complexity index is 604. The van der Waals surface area contributed by atoms with Crippen LogP contribution in [0.4, 0.5) is 4.39 Å². The van der Waals surface area contributed by atoms with Crippen molar-refractivity contribution in [1.29, 1.82) is 0 Å². The van der Waals surface area contributed by atoms with E-state index in [4.69, 9.17) is 10.5 Å². The first-order valence-corrected chi connectivity index (χ1v) is 7.15. The maximum absolute atomic E-state index is 14.0. The molecule has 0 fully saturated rings. The molecule has 5 heteroatoms. The topological polar surface area (TPSA) is 35.2 Å². The van der Waals surface area contributed by atoms with Crippen LogP contribution in [-0.4, -0.2) is 7.11 Å². The van der Waals surface area contributed by atoms with Gasteiger partial charge in [-0.25, -0.2) is 4.39 Å². The number of methoxy groups -OCH3 is 1. The highest BCUT2D eigenvalue weighted by atomic mass is 79.9. The molecule has 0 aliphatic carbocycles.